The normalized spacial score (nSPS) is 16.9. The van der Waals surface area contributed by atoms with E-state index >= 15 is 0 Å². The lowest BCUT2D eigenvalue weighted by atomic mass is 9.88. The Morgan fingerprint density at radius 2 is 2.06 bits per heavy atom. The lowest BCUT2D eigenvalue weighted by Gasteiger charge is -2.18. The van der Waals surface area contributed by atoms with Gasteiger partial charge in [-0.2, -0.15) is 0 Å². The van der Waals surface area contributed by atoms with Crippen LogP contribution in [0.1, 0.15) is 59.9 Å². The number of rotatable bonds is 5. The predicted molar refractivity (Wildman–Crippen MR) is 77.3 cm³/mol. The molecular formula is C15H25NS. The van der Waals surface area contributed by atoms with Crippen molar-refractivity contribution in [1.29, 1.82) is 0 Å². The Bertz CT molecular complexity index is 367. The molecule has 1 nitrogen and oxygen atoms in total. The highest BCUT2D eigenvalue weighted by Crippen LogP contribution is 2.38. The molecule has 1 aliphatic carbocycles. The SMILES string of the molecule is CCCc1sc2c(c1C(C)CNC)CCCC2. The summed E-state index contributed by atoms with van der Waals surface area (Å²) in [6.07, 6.45) is 8.02. The maximum atomic E-state index is 3.34. The molecule has 0 aliphatic heterocycles. The van der Waals surface area contributed by atoms with Crippen molar-refractivity contribution >= 4 is 11.3 Å². The van der Waals surface area contributed by atoms with Crippen LogP contribution in [-0.4, -0.2) is 13.6 Å². The van der Waals surface area contributed by atoms with E-state index in [1.807, 2.05) is 0 Å². The van der Waals surface area contributed by atoms with E-state index in [4.69, 9.17) is 0 Å². The van der Waals surface area contributed by atoms with Crippen LogP contribution < -0.4 is 5.32 Å². The smallest absolute Gasteiger partial charge is 0.00861 e. The van der Waals surface area contributed by atoms with Gasteiger partial charge in [0.05, 0.1) is 0 Å². The molecular weight excluding hydrogens is 226 g/mol. The third-order valence-corrected chi connectivity index (χ3v) is 5.14. The molecule has 0 fully saturated rings. The largest absolute Gasteiger partial charge is 0.319 e. The maximum absolute atomic E-state index is 3.34. The predicted octanol–water partition coefficient (Wildman–Crippen LogP) is 3.90. The van der Waals surface area contributed by atoms with Crippen LogP contribution in [0.25, 0.3) is 0 Å². The molecule has 1 unspecified atom stereocenters. The lowest BCUT2D eigenvalue weighted by molar-refractivity contribution is 0.644. The standard InChI is InChI=1S/C15H25NS/c1-4-7-14-15(11(2)10-16-3)12-8-5-6-9-13(12)17-14/h11,16H,4-10H2,1-3H3. The van der Waals surface area contributed by atoms with Crippen LogP contribution in [0.5, 0.6) is 0 Å². The molecule has 0 amide bonds. The van der Waals surface area contributed by atoms with E-state index in [2.05, 4.69) is 37.5 Å². The summed E-state index contributed by atoms with van der Waals surface area (Å²) in [6, 6.07) is 0. The highest BCUT2D eigenvalue weighted by atomic mass is 32.1. The van der Waals surface area contributed by atoms with Crippen LogP contribution in [0.15, 0.2) is 0 Å². The molecule has 2 heteroatoms. The second-order valence-electron chi connectivity index (χ2n) is 5.26. The zero-order valence-electron chi connectivity index (χ0n) is 11.4. The molecule has 0 saturated carbocycles. The summed E-state index contributed by atoms with van der Waals surface area (Å²) in [5, 5.41) is 3.34. The van der Waals surface area contributed by atoms with Crippen LogP contribution in [0, 0.1) is 0 Å². The van der Waals surface area contributed by atoms with Crippen molar-refractivity contribution in [2.24, 2.45) is 0 Å². The van der Waals surface area contributed by atoms with Crippen LogP contribution >= 0.6 is 11.3 Å². The molecule has 2 rings (SSSR count). The first-order chi connectivity index (χ1) is 8.27. The Morgan fingerprint density at radius 1 is 1.29 bits per heavy atom. The fraction of sp³-hybridized carbons (Fsp3) is 0.733. The molecule has 0 saturated heterocycles. The summed E-state index contributed by atoms with van der Waals surface area (Å²) in [4.78, 5) is 3.39. The molecule has 1 aromatic rings. The van der Waals surface area contributed by atoms with E-state index in [9.17, 15) is 0 Å². The Kier molecular flexibility index (Phi) is 4.63. The quantitative estimate of drug-likeness (QED) is 0.837. The molecule has 1 aliphatic rings. The average Bonchev–Trinajstić information content (AvgIpc) is 2.67. The molecule has 0 radical (unpaired) electrons. The molecule has 1 heterocycles. The van der Waals surface area contributed by atoms with E-state index < -0.39 is 0 Å². The number of hydrogen-bond acceptors (Lipinski definition) is 2. The van der Waals surface area contributed by atoms with E-state index in [0.29, 0.717) is 5.92 Å². The van der Waals surface area contributed by atoms with Gasteiger partial charge in [-0.3, -0.25) is 0 Å². The van der Waals surface area contributed by atoms with Crippen molar-refractivity contribution < 1.29 is 0 Å². The van der Waals surface area contributed by atoms with Gasteiger partial charge in [0.1, 0.15) is 0 Å². The third kappa shape index (κ3) is 2.74. The highest BCUT2D eigenvalue weighted by Gasteiger charge is 2.23. The van der Waals surface area contributed by atoms with E-state index in [-0.39, 0.29) is 0 Å². The van der Waals surface area contributed by atoms with Crippen molar-refractivity contribution in [2.45, 2.75) is 58.3 Å². The summed E-state index contributed by atoms with van der Waals surface area (Å²) < 4.78 is 0. The number of likely N-dealkylation sites (N-methyl/N-ethyl adjacent to an activating group) is 1. The van der Waals surface area contributed by atoms with E-state index in [1.165, 1.54) is 38.5 Å². The van der Waals surface area contributed by atoms with Gasteiger partial charge in [-0.15, -0.1) is 11.3 Å². The monoisotopic (exact) mass is 251 g/mol. The number of fused-ring (bicyclic) bond motifs is 1. The molecule has 0 aromatic carbocycles. The number of aryl methyl sites for hydroxylation is 2. The van der Waals surface area contributed by atoms with Gasteiger partial charge in [0.2, 0.25) is 0 Å². The van der Waals surface area contributed by atoms with Gasteiger partial charge < -0.3 is 5.32 Å². The topological polar surface area (TPSA) is 12.0 Å². The summed E-state index contributed by atoms with van der Waals surface area (Å²) in [6.45, 7) is 5.79. The Morgan fingerprint density at radius 3 is 2.76 bits per heavy atom. The zero-order valence-corrected chi connectivity index (χ0v) is 12.3. The van der Waals surface area contributed by atoms with Crippen molar-refractivity contribution in [3.63, 3.8) is 0 Å². The summed E-state index contributed by atoms with van der Waals surface area (Å²) >= 11 is 2.11. The van der Waals surface area contributed by atoms with Gasteiger partial charge in [-0.1, -0.05) is 20.3 Å². The van der Waals surface area contributed by atoms with Gasteiger partial charge in [0.15, 0.2) is 0 Å². The third-order valence-electron chi connectivity index (χ3n) is 3.77. The molecule has 1 atom stereocenters. The number of nitrogens with one attached hydrogen (secondary N) is 1. The van der Waals surface area contributed by atoms with Crippen molar-refractivity contribution in [3.05, 3.63) is 20.9 Å². The summed E-state index contributed by atoms with van der Waals surface area (Å²) in [5.41, 5.74) is 3.44. The van der Waals surface area contributed by atoms with Crippen LogP contribution in [0.3, 0.4) is 0 Å². The molecule has 1 aromatic heterocycles. The summed E-state index contributed by atoms with van der Waals surface area (Å²) in [7, 11) is 2.06. The lowest BCUT2D eigenvalue weighted by Crippen LogP contribution is -2.17. The minimum absolute atomic E-state index is 0.680. The van der Waals surface area contributed by atoms with Crippen molar-refractivity contribution in [3.8, 4) is 0 Å². The molecule has 0 bridgehead atoms. The Balaban J connectivity index is 2.34. The van der Waals surface area contributed by atoms with Gasteiger partial charge in [-0.05, 0) is 56.2 Å². The highest BCUT2D eigenvalue weighted by molar-refractivity contribution is 7.12. The fourth-order valence-electron chi connectivity index (χ4n) is 3.04. The minimum Gasteiger partial charge on any atom is -0.319 e. The fourth-order valence-corrected chi connectivity index (χ4v) is 4.66. The number of hydrogen-bond donors (Lipinski definition) is 1. The van der Waals surface area contributed by atoms with Crippen LogP contribution in [-0.2, 0) is 19.3 Å². The Hall–Kier alpha value is -0.340. The van der Waals surface area contributed by atoms with Crippen molar-refractivity contribution in [2.75, 3.05) is 13.6 Å². The second kappa shape index (κ2) is 6.01. The van der Waals surface area contributed by atoms with E-state index in [0.717, 1.165) is 6.54 Å². The van der Waals surface area contributed by atoms with Gasteiger partial charge in [0, 0.05) is 16.3 Å². The van der Waals surface area contributed by atoms with Crippen molar-refractivity contribution in [1.82, 2.24) is 5.32 Å². The molecule has 0 spiro atoms. The Labute approximate surface area is 110 Å². The minimum atomic E-state index is 0.680. The summed E-state index contributed by atoms with van der Waals surface area (Å²) in [5.74, 6) is 0.680. The van der Waals surface area contributed by atoms with Gasteiger partial charge in [-0.25, -0.2) is 0 Å². The first-order valence-corrected chi connectivity index (χ1v) is 7.87. The molecule has 1 N–H and O–H groups in total. The first kappa shape index (κ1) is 13.1. The van der Waals surface area contributed by atoms with Crippen LogP contribution in [0.2, 0.25) is 0 Å². The second-order valence-corrected chi connectivity index (χ2v) is 6.45. The molecule has 17 heavy (non-hydrogen) atoms. The van der Waals surface area contributed by atoms with Gasteiger partial charge >= 0.3 is 0 Å². The maximum Gasteiger partial charge on any atom is 0.00861 e. The zero-order chi connectivity index (χ0) is 12.3. The van der Waals surface area contributed by atoms with Crippen LogP contribution in [0.4, 0.5) is 0 Å². The van der Waals surface area contributed by atoms with E-state index in [1.54, 1.807) is 20.9 Å². The first-order valence-electron chi connectivity index (χ1n) is 7.05. The van der Waals surface area contributed by atoms with Gasteiger partial charge in [0.25, 0.3) is 0 Å². The number of thiophene rings is 1. The average molecular weight is 251 g/mol. The molecule has 96 valence electrons.